The molecule has 4 nitrogen and oxygen atoms in total. The SMILES string of the molecule is CNc1ncc(Br)c(NCC2CCSCC2)n1. The number of halogens is 1. The van der Waals surface area contributed by atoms with Gasteiger partial charge in [0.05, 0.1) is 4.47 Å². The molecule has 0 saturated carbocycles. The maximum atomic E-state index is 4.39. The summed E-state index contributed by atoms with van der Waals surface area (Å²) in [6.07, 6.45) is 4.39. The Balaban J connectivity index is 1.92. The van der Waals surface area contributed by atoms with E-state index in [-0.39, 0.29) is 0 Å². The molecule has 0 aliphatic carbocycles. The molecule has 0 amide bonds. The molecule has 1 aliphatic rings. The zero-order valence-electron chi connectivity index (χ0n) is 9.87. The third-order valence-electron chi connectivity index (χ3n) is 2.87. The molecule has 0 aromatic carbocycles. The zero-order valence-corrected chi connectivity index (χ0v) is 12.3. The predicted octanol–water partition coefficient (Wildman–Crippen LogP) is 2.84. The summed E-state index contributed by atoms with van der Waals surface area (Å²) in [4.78, 5) is 8.53. The molecular formula is C11H17BrN4S. The van der Waals surface area contributed by atoms with Gasteiger partial charge in [-0.15, -0.1) is 0 Å². The summed E-state index contributed by atoms with van der Waals surface area (Å²) in [6, 6.07) is 0. The van der Waals surface area contributed by atoms with E-state index in [1.807, 2.05) is 7.05 Å². The summed E-state index contributed by atoms with van der Waals surface area (Å²) in [7, 11) is 1.82. The van der Waals surface area contributed by atoms with Crippen molar-refractivity contribution in [3.05, 3.63) is 10.7 Å². The molecule has 17 heavy (non-hydrogen) atoms. The molecular weight excluding hydrogens is 300 g/mol. The molecule has 0 bridgehead atoms. The van der Waals surface area contributed by atoms with Crippen molar-refractivity contribution in [2.24, 2.45) is 5.92 Å². The fraction of sp³-hybridized carbons (Fsp3) is 0.636. The van der Waals surface area contributed by atoms with Crippen molar-refractivity contribution in [1.82, 2.24) is 9.97 Å². The maximum absolute atomic E-state index is 4.39. The van der Waals surface area contributed by atoms with Gasteiger partial charge in [0.1, 0.15) is 5.82 Å². The largest absolute Gasteiger partial charge is 0.369 e. The van der Waals surface area contributed by atoms with E-state index in [0.29, 0.717) is 5.95 Å². The Labute approximate surface area is 115 Å². The van der Waals surface area contributed by atoms with E-state index in [4.69, 9.17) is 0 Å². The highest BCUT2D eigenvalue weighted by Gasteiger charge is 2.14. The smallest absolute Gasteiger partial charge is 0.224 e. The minimum atomic E-state index is 0.648. The second kappa shape index (κ2) is 6.44. The minimum Gasteiger partial charge on any atom is -0.369 e. The normalized spacial score (nSPS) is 16.8. The molecule has 1 fully saturated rings. The number of hydrogen-bond acceptors (Lipinski definition) is 5. The first-order valence-electron chi connectivity index (χ1n) is 5.81. The Bertz CT molecular complexity index is 368. The van der Waals surface area contributed by atoms with Crippen LogP contribution in [-0.4, -0.2) is 35.1 Å². The van der Waals surface area contributed by atoms with Crippen LogP contribution in [0.5, 0.6) is 0 Å². The van der Waals surface area contributed by atoms with Crippen LogP contribution in [0, 0.1) is 5.92 Å². The molecule has 0 atom stereocenters. The third-order valence-corrected chi connectivity index (χ3v) is 4.50. The molecule has 2 heterocycles. The molecule has 2 N–H and O–H groups in total. The number of nitrogens with zero attached hydrogens (tertiary/aromatic N) is 2. The Morgan fingerprint density at radius 1 is 1.47 bits per heavy atom. The highest BCUT2D eigenvalue weighted by Crippen LogP contribution is 2.25. The van der Waals surface area contributed by atoms with Crippen molar-refractivity contribution >= 4 is 39.5 Å². The van der Waals surface area contributed by atoms with Gasteiger partial charge in [-0.25, -0.2) is 4.98 Å². The summed E-state index contributed by atoms with van der Waals surface area (Å²) in [5, 5.41) is 6.36. The number of nitrogens with one attached hydrogen (secondary N) is 2. The summed E-state index contributed by atoms with van der Waals surface area (Å²) in [5.74, 6) is 4.88. The first-order chi connectivity index (χ1) is 8.29. The average molecular weight is 317 g/mol. The van der Waals surface area contributed by atoms with Gasteiger partial charge in [-0.1, -0.05) is 0 Å². The van der Waals surface area contributed by atoms with Gasteiger partial charge in [0.15, 0.2) is 0 Å². The molecule has 6 heteroatoms. The van der Waals surface area contributed by atoms with Crippen LogP contribution in [0.15, 0.2) is 10.7 Å². The first kappa shape index (κ1) is 13.0. The molecule has 1 aromatic rings. The molecule has 1 saturated heterocycles. The van der Waals surface area contributed by atoms with E-state index in [2.05, 4.69) is 48.3 Å². The van der Waals surface area contributed by atoms with Gasteiger partial charge in [0, 0.05) is 19.8 Å². The molecule has 1 aromatic heterocycles. The number of aromatic nitrogens is 2. The van der Waals surface area contributed by atoms with E-state index in [1.165, 1.54) is 24.3 Å². The van der Waals surface area contributed by atoms with Gasteiger partial charge in [-0.2, -0.15) is 16.7 Å². The quantitative estimate of drug-likeness (QED) is 0.894. The van der Waals surface area contributed by atoms with Crippen molar-refractivity contribution in [3.63, 3.8) is 0 Å². The summed E-state index contributed by atoms with van der Waals surface area (Å²) < 4.78 is 0.918. The van der Waals surface area contributed by atoms with Crippen molar-refractivity contribution in [1.29, 1.82) is 0 Å². The highest BCUT2D eigenvalue weighted by molar-refractivity contribution is 9.10. The van der Waals surface area contributed by atoms with E-state index in [1.54, 1.807) is 6.20 Å². The van der Waals surface area contributed by atoms with E-state index < -0.39 is 0 Å². The third kappa shape index (κ3) is 3.74. The monoisotopic (exact) mass is 316 g/mol. The predicted molar refractivity (Wildman–Crippen MR) is 77.8 cm³/mol. The summed E-state index contributed by atoms with van der Waals surface area (Å²) >= 11 is 5.52. The number of hydrogen-bond donors (Lipinski definition) is 2. The van der Waals surface area contributed by atoms with Crippen molar-refractivity contribution in [2.75, 3.05) is 35.7 Å². The zero-order chi connectivity index (χ0) is 12.1. The van der Waals surface area contributed by atoms with Crippen LogP contribution in [-0.2, 0) is 0 Å². The van der Waals surface area contributed by atoms with Gasteiger partial charge in [0.2, 0.25) is 5.95 Å². The van der Waals surface area contributed by atoms with E-state index in [9.17, 15) is 0 Å². The van der Waals surface area contributed by atoms with Gasteiger partial charge in [0.25, 0.3) is 0 Å². The molecule has 94 valence electrons. The fourth-order valence-corrected chi connectivity index (χ4v) is 3.34. The molecule has 1 aliphatic heterocycles. The Kier molecular flexibility index (Phi) is 4.91. The summed E-state index contributed by atoms with van der Waals surface area (Å²) in [5.41, 5.74) is 0. The van der Waals surface area contributed by atoms with E-state index >= 15 is 0 Å². The van der Waals surface area contributed by atoms with Crippen LogP contribution in [0.4, 0.5) is 11.8 Å². The number of anilines is 2. The fourth-order valence-electron chi connectivity index (χ4n) is 1.80. The van der Waals surface area contributed by atoms with Crippen molar-refractivity contribution < 1.29 is 0 Å². The van der Waals surface area contributed by atoms with Crippen LogP contribution in [0.1, 0.15) is 12.8 Å². The number of rotatable bonds is 4. The lowest BCUT2D eigenvalue weighted by molar-refractivity contribution is 0.515. The van der Waals surface area contributed by atoms with Crippen molar-refractivity contribution in [3.8, 4) is 0 Å². The van der Waals surface area contributed by atoms with E-state index in [0.717, 1.165) is 22.8 Å². The Morgan fingerprint density at radius 3 is 2.94 bits per heavy atom. The van der Waals surface area contributed by atoms with Crippen LogP contribution >= 0.6 is 27.7 Å². The van der Waals surface area contributed by atoms with Crippen LogP contribution in [0.25, 0.3) is 0 Å². The van der Waals surface area contributed by atoms with Crippen molar-refractivity contribution in [2.45, 2.75) is 12.8 Å². The molecule has 2 rings (SSSR count). The minimum absolute atomic E-state index is 0.648. The van der Waals surface area contributed by atoms with Gasteiger partial charge in [-0.05, 0) is 46.2 Å². The second-order valence-electron chi connectivity index (χ2n) is 4.08. The lowest BCUT2D eigenvalue weighted by Crippen LogP contribution is -2.20. The first-order valence-corrected chi connectivity index (χ1v) is 7.76. The average Bonchev–Trinajstić information content (AvgIpc) is 2.39. The lowest BCUT2D eigenvalue weighted by Gasteiger charge is -2.22. The van der Waals surface area contributed by atoms with Gasteiger partial charge < -0.3 is 10.6 Å². The molecule has 0 radical (unpaired) electrons. The van der Waals surface area contributed by atoms with Crippen LogP contribution in [0.2, 0.25) is 0 Å². The molecule has 0 unspecified atom stereocenters. The second-order valence-corrected chi connectivity index (χ2v) is 6.16. The topological polar surface area (TPSA) is 49.8 Å². The van der Waals surface area contributed by atoms with Gasteiger partial charge >= 0.3 is 0 Å². The summed E-state index contributed by atoms with van der Waals surface area (Å²) in [6.45, 7) is 0.999. The number of thioether (sulfide) groups is 1. The molecule has 0 spiro atoms. The van der Waals surface area contributed by atoms with Gasteiger partial charge in [-0.3, -0.25) is 0 Å². The Hall–Kier alpha value is -0.490. The maximum Gasteiger partial charge on any atom is 0.224 e. The standard InChI is InChI=1S/C11H17BrN4S/c1-13-11-15-7-9(12)10(16-11)14-6-8-2-4-17-5-3-8/h7-8H,2-6H2,1H3,(H2,13,14,15,16). The lowest BCUT2D eigenvalue weighted by atomic mass is 10.0. The van der Waals surface area contributed by atoms with Crippen LogP contribution in [0.3, 0.4) is 0 Å². The Morgan fingerprint density at radius 2 is 2.24 bits per heavy atom. The van der Waals surface area contributed by atoms with Crippen LogP contribution < -0.4 is 10.6 Å². The highest BCUT2D eigenvalue weighted by atomic mass is 79.9.